The van der Waals surface area contributed by atoms with Crippen LogP contribution in [0.5, 0.6) is 17.2 Å². The van der Waals surface area contributed by atoms with Crippen LogP contribution in [0.15, 0.2) is 28.9 Å². The van der Waals surface area contributed by atoms with E-state index in [1.807, 2.05) is 17.0 Å². The second-order valence-corrected chi connectivity index (χ2v) is 6.61. The van der Waals surface area contributed by atoms with E-state index in [2.05, 4.69) is 4.90 Å². The van der Waals surface area contributed by atoms with Crippen LogP contribution in [0, 0.1) is 0 Å². The minimum atomic E-state index is -0.0177. The number of amides is 1. The first kappa shape index (κ1) is 25.9. The van der Waals surface area contributed by atoms with Crippen LogP contribution in [0.1, 0.15) is 21.7 Å². The number of carbonyl (C=O) groups is 1. The molecule has 0 unspecified atom stereocenters. The molecule has 1 aromatic carbocycles. The summed E-state index contributed by atoms with van der Waals surface area (Å²) in [6.45, 7) is 3.91. The topological polar surface area (TPSA) is 90.4 Å². The van der Waals surface area contributed by atoms with Crippen LogP contribution in [0.4, 0.5) is 0 Å². The van der Waals surface area contributed by atoms with Crippen LogP contribution < -0.4 is 19.9 Å². The molecule has 168 valence electrons. The zero-order valence-corrected chi connectivity index (χ0v) is 19.0. The Labute approximate surface area is 189 Å². The predicted octanol–water partition coefficient (Wildman–Crippen LogP) is 2.57. The molecule has 10 heteroatoms. The molecule has 2 N–H and O–H groups in total. The van der Waals surface area contributed by atoms with Gasteiger partial charge in [0.05, 0.1) is 33.4 Å². The van der Waals surface area contributed by atoms with E-state index >= 15 is 0 Å². The SMILES string of the molecule is COc1cc(CN2CCN(C(=O)c3coc(CN)c3)CC2)cc(OC)c1OC.Cl.Cl. The number of hydrogen-bond acceptors (Lipinski definition) is 7. The van der Waals surface area contributed by atoms with Crippen LogP contribution in [0.3, 0.4) is 0 Å². The third-order valence-corrected chi connectivity index (χ3v) is 4.89. The molecule has 3 rings (SSSR count). The van der Waals surface area contributed by atoms with Crippen LogP contribution in [0.2, 0.25) is 0 Å². The molecule has 30 heavy (non-hydrogen) atoms. The summed E-state index contributed by atoms with van der Waals surface area (Å²) in [5, 5.41) is 0. The van der Waals surface area contributed by atoms with Gasteiger partial charge in [-0.3, -0.25) is 9.69 Å². The van der Waals surface area contributed by atoms with Gasteiger partial charge in [-0.05, 0) is 23.8 Å². The highest BCUT2D eigenvalue weighted by atomic mass is 35.5. The van der Waals surface area contributed by atoms with E-state index in [4.69, 9.17) is 24.4 Å². The van der Waals surface area contributed by atoms with Gasteiger partial charge < -0.3 is 29.3 Å². The summed E-state index contributed by atoms with van der Waals surface area (Å²) in [6.07, 6.45) is 1.48. The van der Waals surface area contributed by atoms with Crippen molar-refractivity contribution in [1.82, 2.24) is 9.80 Å². The normalized spacial score (nSPS) is 13.8. The monoisotopic (exact) mass is 461 g/mol. The molecule has 0 saturated carbocycles. The number of ether oxygens (including phenoxy) is 3. The van der Waals surface area contributed by atoms with Crippen molar-refractivity contribution in [3.8, 4) is 17.2 Å². The molecule has 0 bridgehead atoms. The molecule has 2 aromatic rings. The fraction of sp³-hybridized carbons (Fsp3) is 0.450. The number of piperazine rings is 1. The molecule has 0 aliphatic carbocycles. The summed E-state index contributed by atoms with van der Waals surface area (Å²) < 4.78 is 21.5. The van der Waals surface area contributed by atoms with Gasteiger partial charge in [0.1, 0.15) is 12.0 Å². The molecule has 1 aliphatic rings. The van der Waals surface area contributed by atoms with E-state index < -0.39 is 0 Å². The molecule has 1 amide bonds. The van der Waals surface area contributed by atoms with E-state index in [1.165, 1.54) is 6.26 Å². The molecule has 8 nitrogen and oxygen atoms in total. The summed E-state index contributed by atoms with van der Waals surface area (Å²) >= 11 is 0. The second kappa shape index (κ2) is 11.9. The number of nitrogens with zero attached hydrogens (tertiary/aromatic N) is 2. The van der Waals surface area contributed by atoms with Gasteiger partial charge >= 0.3 is 0 Å². The molecule has 1 aliphatic heterocycles. The van der Waals surface area contributed by atoms with Crippen molar-refractivity contribution >= 4 is 30.7 Å². The van der Waals surface area contributed by atoms with Gasteiger partial charge in [-0.25, -0.2) is 0 Å². The summed E-state index contributed by atoms with van der Waals surface area (Å²) in [7, 11) is 4.81. The van der Waals surface area contributed by atoms with Crippen molar-refractivity contribution in [2.45, 2.75) is 13.1 Å². The number of furan rings is 1. The summed E-state index contributed by atoms with van der Waals surface area (Å²) in [4.78, 5) is 16.7. The molecule has 1 aromatic heterocycles. The van der Waals surface area contributed by atoms with Crippen LogP contribution in [0.25, 0.3) is 0 Å². The smallest absolute Gasteiger partial charge is 0.257 e. The van der Waals surface area contributed by atoms with Gasteiger partial charge in [0, 0.05) is 32.7 Å². The third kappa shape index (κ3) is 5.72. The fourth-order valence-electron chi connectivity index (χ4n) is 3.38. The maximum atomic E-state index is 12.6. The van der Waals surface area contributed by atoms with Gasteiger partial charge in [-0.2, -0.15) is 0 Å². The third-order valence-electron chi connectivity index (χ3n) is 4.89. The Kier molecular flexibility index (Phi) is 10.3. The van der Waals surface area contributed by atoms with E-state index in [0.29, 0.717) is 41.7 Å². The van der Waals surface area contributed by atoms with Crippen molar-refractivity contribution in [2.24, 2.45) is 5.73 Å². The lowest BCUT2D eigenvalue weighted by Crippen LogP contribution is -2.48. The van der Waals surface area contributed by atoms with Crippen molar-refractivity contribution in [3.05, 3.63) is 41.3 Å². The number of benzene rings is 1. The Bertz CT molecular complexity index is 798. The maximum Gasteiger partial charge on any atom is 0.257 e. The molecule has 1 fully saturated rings. The Balaban J connectivity index is 0.00000225. The van der Waals surface area contributed by atoms with Crippen molar-refractivity contribution in [2.75, 3.05) is 47.5 Å². The van der Waals surface area contributed by atoms with Crippen LogP contribution in [-0.2, 0) is 13.1 Å². The predicted molar refractivity (Wildman–Crippen MR) is 118 cm³/mol. The first-order chi connectivity index (χ1) is 13.6. The van der Waals surface area contributed by atoms with Gasteiger partial charge in [0.2, 0.25) is 5.75 Å². The number of carbonyl (C=O) groups excluding carboxylic acids is 1. The maximum absolute atomic E-state index is 12.6. The first-order valence-corrected chi connectivity index (χ1v) is 9.17. The Morgan fingerprint density at radius 1 is 1.00 bits per heavy atom. The number of hydrogen-bond donors (Lipinski definition) is 1. The standard InChI is InChI=1S/C20H27N3O5.2ClH/c1-25-17-8-14(9-18(26-2)19(17)27-3)12-22-4-6-23(7-5-22)20(24)15-10-16(11-21)28-13-15;;/h8-10,13H,4-7,11-12,21H2,1-3H3;2*1H. The van der Waals surface area contributed by atoms with Gasteiger partial charge in [0.15, 0.2) is 11.5 Å². The summed E-state index contributed by atoms with van der Waals surface area (Å²) in [5.74, 6) is 2.46. The highest BCUT2D eigenvalue weighted by molar-refractivity contribution is 5.94. The molecular formula is C20H29Cl2N3O5. The van der Waals surface area contributed by atoms with Crippen molar-refractivity contribution < 1.29 is 23.4 Å². The quantitative estimate of drug-likeness (QED) is 0.677. The van der Waals surface area contributed by atoms with E-state index in [9.17, 15) is 4.79 Å². The first-order valence-electron chi connectivity index (χ1n) is 9.17. The number of methoxy groups -OCH3 is 3. The Morgan fingerprint density at radius 2 is 1.60 bits per heavy atom. The largest absolute Gasteiger partial charge is 0.493 e. The van der Waals surface area contributed by atoms with E-state index in [-0.39, 0.29) is 37.3 Å². The van der Waals surface area contributed by atoms with Crippen LogP contribution >= 0.6 is 24.8 Å². The Hall–Kier alpha value is -2.13. The molecule has 0 radical (unpaired) electrons. The number of nitrogens with two attached hydrogens (primary N) is 1. The molecule has 1 saturated heterocycles. The van der Waals surface area contributed by atoms with Crippen LogP contribution in [-0.4, -0.2) is 63.2 Å². The highest BCUT2D eigenvalue weighted by Gasteiger charge is 2.24. The molecule has 2 heterocycles. The lowest BCUT2D eigenvalue weighted by Gasteiger charge is -2.34. The zero-order chi connectivity index (χ0) is 20.1. The summed E-state index contributed by atoms with van der Waals surface area (Å²) in [5.41, 5.74) is 7.16. The average molecular weight is 462 g/mol. The average Bonchev–Trinajstić information content (AvgIpc) is 3.22. The highest BCUT2D eigenvalue weighted by Crippen LogP contribution is 2.38. The van der Waals surface area contributed by atoms with E-state index in [1.54, 1.807) is 27.4 Å². The van der Waals surface area contributed by atoms with E-state index in [0.717, 1.165) is 25.2 Å². The lowest BCUT2D eigenvalue weighted by molar-refractivity contribution is 0.0627. The Morgan fingerprint density at radius 3 is 2.07 bits per heavy atom. The minimum Gasteiger partial charge on any atom is -0.493 e. The lowest BCUT2D eigenvalue weighted by atomic mass is 10.1. The minimum absolute atomic E-state index is 0. The van der Waals surface area contributed by atoms with Gasteiger partial charge in [-0.1, -0.05) is 0 Å². The zero-order valence-electron chi connectivity index (χ0n) is 17.4. The van der Waals surface area contributed by atoms with Crippen molar-refractivity contribution in [1.29, 1.82) is 0 Å². The summed E-state index contributed by atoms with van der Waals surface area (Å²) in [6, 6.07) is 5.63. The van der Waals surface area contributed by atoms with Gasteiger partial charge in [0.25, 0.3) is 5.91 Å². The molecular weight excluding hydrogens is 433 g/mol. The van der Waals surface area contributed by atoms with Crippen molar-refractivity contribution in [3.63, 3.8) is 0 Å². The molecule has 0 atom stereocenters. The second-order valence-electron chi connectivity index (χ2n) is 6.61. The fourth-order valence-corrected chi connectivity index (χ4v) is 3.38. The molecule has 0 spiro atoms. The van der Waals surface area contributed by atoms with Gasteiger partial charge in [-0.15, -0.1) is 24.8 Å². The number of rotatable bonds is 7. The number of halogens is 2.